The molecule has 1 saturated heterocycles. The summed E-state index contributed by atoms with van der Waals surface area (Å²) in [5.74, 6) is 0. The third kappa shape index (κ3) is 5.57. The van der Waals surface area contributed by atoms with Gasteiger partial charge in [-0.3, -0.25) is 5.01 Å². The van der Waals surface area contributed by atoms with Gasteiger partial charge in [0.2, 0.25) is 0 Å². The number of aryl methyl sites for hydroxylation is 1. The third-order valence-corrected chi connectivity index (χ3v) is 4.64. The minimum atomic E-state index is 1.02. The number of hydrogen-bond donors (Lipinski definition) is 1. The summed E-state index contributed by atoms with van der Waals surface area (Å²) in [5, 5.41) is 6.85. The number of hydrogen-bond acceptors (Lipinski definition) is 2. The zero-order valence-corrected chi connectivity index (χ0v) is 15.3. The minimum Gasteiger partial charge on any atom is -0.328 e. The number of nitrogens with zero attached hydrogens (tertiary/aromatic N) is 2. The van der Waals surface area contributed by atoms with Crippen molar-refractivity contribution in [2.45, 2.75) is 20.4 Å². The highest BCUT2D eigenvalue weighted by atomic mass is 15.5. The smallest absolute Gasteiger partial charge is 0.103 e. The van der Waals surface area contributed by atoms with Gasteiger partial charge in [-0.25, -0.2) is 0 Å². The van der Waals surface area contributed by atoms with E-state index in [-0.39, 0.29) is 0 Å². The number of hydrazone groups is 1. The Morgan fingerprint density at radius 2 is 1.72 bits per heavy atom. The number of quaternary nitrogens is 1. The quantitative estimate of drug-likeness (QED) is 0.834. The highest BCUT2D eigenvalue weighted by Crippen LogP contribution is 2.05. The Morgan fingerprint density at radius 1 is 1.04 bits per heavy atom. The highest BCUT2D eigenvalue weighted by Gasteiger charge is 2.18. The molecule has 2 aromatic carbocycles. The number of benzene rings is 2. The Bertz CT molecular complexity index is 709. The van der Waals surface area contributed by atoms with Gasteiger partial charge in [0.15, 0.2) is 0 Å². The van der Waals surface area contributed by atoms with Gasteiger partial charge in [0.1, 0.15) is 6.54 Å². The van der Waals surface area contributed by atoms with E-state index in [0.29, 0.717) is 0 Å². The predicted octanol–water partition coefficient (Wildman–Crippen LogP) is 2.78. The minimum absolute atomic E-state index is 1.02. The lowest BCUT2D eigenvalue weighted by atomic mass is 10.1. The Balaban J connectivity index is 1.47. The molecule has 1 aliphatic heterocycles. The maximum Gasteiger partial charge on any atom is 0.103 e. The van der Waals surface area contributed by atoms with Crippen molar-refractivity contribution < 1.29 is 4.90 Å². The molecule has 0 atom stereocenters. The van der Waals surface area contributed by atoms with Crippen LogP contribution in [0, 0.1) is 6.92 Å². The van der Waals surface area contributed by atoms with Gasteiger partial charge in [-0.2, -0.15) is 5.10 Å². The van der Waals surface area contributed by atoms with Gasteiger partial charge in [-0.05, 0) is 25.0 Å². The van der Waals surface area contributed by atoms with E-state index in [9.17, 15) is 0 Å². The molecule has 3 heteroatoms. The zero-order valence-electron chi connectivity index (χ0n) is 15.3. The predicted molar refractivity (Wildman–Crippen MR) is 106 cm³/mol. The van der Waals surface area contributed by atoms with Crippen LogP contribution in [-0.2, 0) is 6.54 Å². The van der Waals surface area contributed by atoms with Crippen molar-refractivity contribution in [3.05, 3.63) is 76.9 Å². The molecule has 0 aliphatic carbocycles. The van der Waals surface area contributed by atoms with Crippen molar-refractivity contribution in [3.63, 3.8) is 0 Å². The molecule has 0 bridgehead atoms. The van der Waals surface area contributed by atoms with E-state index in [1.165, 1.54) is 22.3 Å². The maximum absolute atomic E-state index is 4.66. The molecule has 25 heavy (non-hydrogen) atoms. The van der Waals surface area contributed by atoms with E-state index in [1.54, 1.807) is 4.90 Å². The Labute approximate surface area is 151 Å². The zero-order chi connectivity index (χ0) is 17.5. The molecule has 1 heterocycles. The van der Waals surface area contributed by atoms with E-state index in [4.69, 9.17) is 0 Å². The fourth-order valence-corrected chi connectivity index (χ4v) is 3.12. The molecule has 2 aromatic rings. The molecule has 1 fully saturated rings. The lowest BCUT2D eigenvalue weighted by molar-refractivity contribution is -0.918. The van der Waals surface area contributed by atoms with Crippen LogP contribution in [0.5, 0.6) is 0 Å². The van der Waals surface area contributed by atoms with E-state index < -0.39 is 0 Å². The van der Waals surface area contributed by atoms with Crippen molar-refractivity contribution in [1.29, 1.82) is 0 Å². The van der Waals surface area contributed by atoms with Gasteiger partial charge in [-0.1, -0.05) is 66.2 Å². The molecule has 0 spiro atoms. The topological polar surface area (TPSA) is 20.0 Å². The average molecular weight is 334 g/mol. The molecular formula is C22H28N3+. The van der Waals surface area contributed by atoms with Crippen LogP contribution in [0.15, 0.2) is 65.3 Å². The van der Waals surface area contributed by atoms with Crippen molar-refractivity contribution in [3.8, 4) is 0 Å². The summed E-state index contributed by atoms with van der Waals surface area (Å²) in [6, 6.07) is 19.3. The number of rotatable bonds is 5. The van der Waals surface area contributed by atoms with Crippen LogP contribution < -0.4 is 4.90 Å². The van der Waals surface area contributed by atoms with Crippen LogP contribution in [0.2, 0.25) is 0 Å². The lowest BCUT2D eigenvalue weighted by Crippen LogP contribution is -3.13. The molecule has 130 valence electrons. The molecule has 3 nitrogen and oxygen atoms in total. The SMILES string of the molecule is CC(C=NN1CC[NH+](Cc2ccc(C)cc2)CC1)=Cc1ccccc1. The molecule has 3 rings (SSSR count). The van der Waals surface area contributed by atoms with Crippen molar-refractivity contribution in [2.24, 2.45) is 5.10 Å². The monoisotopic (exact) mass is 334 g/mol. The van der Waals surface area contributed by atoms with Gasteiger partial charge in [-0.15, -0.1) is 0 Å². The first-order valence-corrected chi connectivity index (χ1v) is 9.10. The summed E-state index contributed by atoms with van der Waals surface area (Å²) in [7, 11) is 0. The second kappa shape index (κ2) is 8.63. The van der Waals surface area contributed by atoms with E-state index in [2.05, 4.69) is 78.6 Å². The first-order chi connectivity index (χ1) is 12.2. The van der Waals surface area contributed by atoms with Crippen LogP contribution in [0.3, 0.4) is 0 Å². The second-order valence-corrected chi connectivity index (χ2v) is 6.91. The summed E-state index contributed by atoms with van der Waals surface area (Å²) in [6.45, 7) is 9.70. The van der Waals surface area contributed by atoms with Crippen LogP contribution in [-0.4, -0.2) is 37.4 Å². The largest absolute Gasteiger partial charge is 0.328 e. The Morgan fingerprint density at radius 3 is 2.40 bits per heavy atom. The van der Waals surface area contributed by atoms with Crippen molar-refractivity contribution >= 4 is 12.3 Å². The van der Waals surface area contributed by atoms with Gasteiger partial charge in [0.25, 0.3) is 0 Å². The summed E-state index contributed by atoms with van der Waals surface area (Å²) >= 11 is 0. The molecule has 1 N–H and O–H groups in total. The van der Waals surface area contributed by atoms with Gasteiger partial charge in [0.05, 0.1) is 26.2 Å². The second-order valence-electron chi connectivity index (χ2n) is 6.91. The summed E-state index contributed by atoms with van der Waals surface area (Å²) in [5.41, 5.74) is 5.16. The van der Waals surface area contributed by atoms with E-state index in [0.717, 1.165) is 32.7 Å². The maximum atomic E-state index is 4.66. The van der Waals surface area contributed by atoms with Crippen molar-refractivity contribution in [1.82, 2.24) is 5.01 Å². The van der Waals surface area contributed by atoms with Gasteiger partial charge >= 0.3 is 0 Å². The number of piperazine rings is 1. The van der Waals surface area contributed by atoms with Crippen LogP contribution >= 0.6 is 0 Å². The van der Waals surface area contributed by atoms with Crippen LogP contribution in [0.1, 0.15) is 23.6 Å². The molecule has 1 aliphatic rings. The molecule has 0 aromatic heterocycles. The standard InChI is InChI=1S/C22H27N3/c1-19-8-10-22(11-9-19)18-24-12-14-25(15-13-24)23-17-20(2)16-21-6-4-3-5-7-21/h3-11,16-17H,12-15,18H2,1-2H3/p+1. The van der Waals surface area contributed by atoms with E-state index in [1.807, 2.05) is 12.3 Å². The molecule has 0 unspecified atom stereocenters. The Kier molecular flexibility index (Phi) is 6.02. The molecule has 0 amide bonds. The van der Waals surface area contributed by atoms with Crippen LogP contribution in [0.25, 0.3) is 6.08 Å². The highest BCUT2D eigenvalue weighted by molar-refractivity contribution is 5.84. The normalized spacial score (nSPS) is 16.6. The third-order valence-electron chi connectivity index (χ3n) is 4.64. The van der Waals surface area contributed by atoms with Gasteiger partial charge < -0.3 is 4.90 Å². The molecular weight excluding hydrogens is 306 g/mol. The van der Waals surface area contributed by atoms with Crippen molar-refractivity contribution in [2.75, 3.05) is 26.2 Å². The van der Waals surface area contributed by atoms with Gasteiger partial charge in [0, 0.05) is 11.8 Å². The molecule has 0 radical (unpaired) electrons. The fourth-order valence-electron chi connectivity index (χ4n) is 3.12. The summed E-state index contributed by atoms with van der Waals surface area (Å²) in [4.78, 5) is 1.65. The average Bonchev–Trinajstić information content (AvgIpc) is 2.64. The summed E-state index contributed by atoms with van der Waals surface area (Å²) < 4.78 is 0. The first-order valence-electron chi connectivity index (χ1n) is 9.10. The number of nitrogens with one attached hydrogen (secondary N) is 1. The fraction of sp³-hybridized carbons (Fsp3) is 0.318. The summed E-state index contributed by atoms with van der Waals surface area (Å²) in [6.07, 6.45) is 4.15. The lowest BCUT2D eigenvalue weighted by Gasteiger charge is -2.30. The number of allylic oxidation sites excluding steroid dienone is 1. The molecule has 0 saturated carbocycles. The first kappa shape index (κ1) is 17.4. The van der Waals surface area contributed by atoms with E-state index >= 15 is 0 Å². The Hall–Kier alpha value is -2.39. The van der Waals surface area contributed by atoms with Crippen LogP contribution in [0.4, 0.5) is 0 Å².